The zero-order valence-corrected chi connectivity index (χ0v) is 11.0. The summed E-state index contributed by atoms with van der Waals surface area (Å²) in [5.74, 6) is -1.57. The van der Waals surface area contributed by atoms with E-state index in [2.05, 4.69) is 0 Å². The lowest BCUT2D eigenvalue weighted by molar-refractivity contribution is -0.385. The van der Waals surface area contributed by atoms with E-state index in [9.17, 15) is 19.7 Å². The Morgan fingerprint density at radius 1 is 1.40 bits per heavy atom. The van der Waals surface area contributed by atoms with E-state index < -0.39 is 10.9 Å². The first-order chi connectivity index (χ1) is 9.32. The quantitative estimate of drug-likeness (QED) is 0.619. The Morgan fingerprint density at radius 3 is 2.55 bits per heavy atom. The number of hydrogen-bond acceptors (Lipinski definition) is 5. The molecule has 0 atom stereocenters. The van der Waals surface area contributed by atoms with Crippen LogP contribution in [0.3, 0.4) is 0 Å². The molecule has 0 bridgehead atoms. The highest BCUT2D eigenvalue weighted by Gasteiger charge is 2.18. The van der Waals surface area contributed by atoms with Gasteiger partial charge in [0.1, 0.15) is 0 Å². The molecule has 0 unspecified atom stereocenters. The summed E-state index contributed by atoms with van der Waals surface area (Å²) < 4.78 is 5.16. The fourth-order valence-electron chi connectivity index (χ4n) is 1.39. The molecule has 0 heterocycles. The van der Waals surface area contributed by atoms with E-state index in [1.54, 1.807) is 14.1 Å². The molecule has 8 heteroatoms. The number of aromatic carboxylic acids is 1. The number of ether oxygens (including phenoxy) is 1. The van der Waals surface area contributed by atoms with Gasteiger partial charge < -0.3 is 14.7 Å². The number of carbonyl (C=O) groups excluding carboxylic acids is 1. The Labute approximate surface area is 114 Å². The van der Waals surface area contributed by atoms with Gasteiger partial charge in [-0.05, 0) is 6.07 Å². The minimum absolute atomic E-state index is 0.0431. The molecule has 0 saturated carbocycles. The first-order valence-electron chi connectivity index (χ1n) is 5.67. The van der Waals surface area contributed by atoms with Crippen molar-refractivity contribution >= 4 is 17.6 Å². The molecule has 0 radical (unpaired) electrons. The number of carbonyl (C=O) groups is 2. The van der Waals surface area contributed by atoms with Crippen LogP contribution in [0.15, 0.2) is 18.2 Å². The predicted octanol–water partition coefficient (Wildman–Crippen LogP) is 1.15. The van der Waals surface area contributed by atoms with Crippen LogP contribution in [0.25, 0.3) is 0 Å². The molecule has 20 heavy (non-hydrogen) atoms. The molecule has 1 amide bonds. The Kier molecular flexibility index (Phi) is 5.01. The maximum Gasteiger partial charge on any atom is 0.335 e. The fraction of sp³-hybridized carbons (Fsp3) is 0.333. The summed E-state index contributed by atoms with van der Waals surface area (Å²) in [6.07, 6.45) is 0.0431. The number of nitrogens with zero attached hydrogens (tertiary/aromatic N) is 2. The Morgan fingerprint density at radius 2 is 2.05 bits per heavy atom. The van der Waals surface area contributed by atoms with Gasteiger partial charge in [0.25, 0.3) is 0 Å². The van der Waals surface area contributed by atoms with Crippen molar-refractivity contribution in [3.8, 4) is 5.75 Å². The van der Waals surface area contributed by atoms with Gasteiger partial charge in [-0.25, -0.2) is 4.79 Å². The first-order valence-corrected chi connectivity index (χ1v) is 5.67. The fourth-order valence-corrected chi connectivity index (χ4v) is 1.39. The maximum absolute atomic E-state index is 11.3. The molecule has 1 N–H and O–H groups in total. The lowest BCUT2D eigenvalue weighted by atomic mass is 10.2. The molecule has 108 valence electrons. The molecular weight excluding hydrogens is 268 g/mol. The van der Waals surface area contributed by atoms with Crippen molar-refractivity contribution in [2.24, 2.45) is 0 Å². The second-order valence-electron chi connectivity index (χ2n) is 4.13. The lowest BCUT2D eigenvalue weighted by Gasteiger charge is -2.11. The SMILES string of the molecule is CN(C)C(=O)CCOc1cc(C(=O)O)ccc1[N+](=O)[O-]. The summed E-state index contributed by atoms with van der Waals surface area (Å²) in [6.45, 7) is -0.0685. The van der Waals surface area contributed by atoms with Gasteiger partial charge >= 0.3 is 11.7 Å². The number of nitro groups is 1. The standard InChI is InChI=1S/C12H14N2O6/c1-13(2)11(15)5-6-20-10-7-8(12(16)17)3-4-9(10)14(18)19/h3-4,7H,5-6H2,1-2H3,(H,16,17). The van der Waals surface area contributed by atoms with E-state index in [4.69, 9.17) is 9.84 Å². The van der Waals surface area contributed by atoms with E-state index >= 15 is 0 Å². The average Bonchev–Trinajstić information content (AvgIpc) is 2.37. The number of hydrogen-bond donors (Lipinski definition) is 1. The van der Waals surface area contributed by atoms with Crippen molar-refractivity contribution in [1.29, 1.82) is 0 Å². The van der Waals surface area contributed by atoms with E-state index in [1.807, 2.05) is 0 Å². The lowest BCUT2D eigenvalue weighted by Crippen LogP contribution is -2.23. The average molecular weight is 282 g/mol. The normalized spacial score (nSPS) is 9.90. The van der Waals surface area contributed by atoms with E-state index in [0.717, 1.165) is 18.2 Å². The van der Waals surface area contributed by atoms with Gasteiger partial charge in [0, 0.05) is 26.2 Å². The monoisotopic (exact) mass is 282 g/mol. The van der Waals surface area contributed by atoms with Crippen LogP contribution in [-0.2, 0) is 4.79 Å². The van der Waals surface area contributed by atoms with Crippen LogP contribution >= 0.6 is 0 Å². The van der Waals surface area contributed by atoms with Gasteiger partial charge in [-0.3, -0.25) is 14.9 Å². The van der Waals surface area contributed by atoms with E-state index in [1.165, 1.54) is 4.90 Å². The third-order valence-electron chi connectivity index (χ3n) is 2.48. The molecule has 8 nitrogen and oxygen atoms in total. The summed E-state index contributed by atoms with van der Waals surface area (Å²) in [6, 6.07) is 3.26. The molecule has 0 spiro atoms. The predicted molar refractivity (Wildman–Crippen MR) is 68.9 cm³/mol. The number of amides is 1. The van der Waals surface area contributed by atoms with Gasteiger partial charge in [-0.2, -0.15) is 0 Å². The number of carboxylic acid groups (broad SMARTS) is 1. The van der Waals surface area contributed by atoms with Crippen LogP contribution in [0.2, 0.25) is 0 Å². The van der Waals surface area contributed by atoms with Crippen molar-refractivity contribution < 1.29 is 24.4 Å². The summed E-state index contributed by atoms with van der Waals surface area (Å²) in [5.41, 5.74) is -0.461. The molecule has 0 aliphatic rings. The van der Waals surface area contributed by atoms with Crippen molar-refractivity contribution in [2.75, 3.05) is 20.7 Å². The highest BCUT2D eigenvalue weighted by atomic mass is 16.6. The first kappa shape index (κ1) is 15.4. The van der Waals surface area contributed by atoms with Gasteiger partial charge in [-0.1, -0.05) is 0 Å². The summed E-state index contributed by atoms with van der Waals surface area (Å²) in [4.78, 5) is 33.7. The number of carboxylic acids is 1. The third kappa shape index (κ3) is 3.94. The molecule has 0 saturated heterocycles. The molecule has 0 aliphatic heterocycles. The molecule has 0 fully saturated rings. The molecule has 1 aromatic carbocycles. The Bertz CT molecular complexity index is 541. The zero-order chi connectivity index (χ0) is 15.3. The largest absolute Gasteiger partial charge is 0.486 e. The van der Waals surface area contributed by atoms with Crippen LogP contribution in [0.5, 0.6) is 5.75 Å². The van der Waals surface area contributed by atoms with Crippen LogP contribution in [-0.4, -0.2) is 47.5 Å². The van der Waals surface area contributed by atoms with Crippen molar-refractivity contribution in [1.82, 2.24) is 4.90 Å². The third-order valence-corrected chi connectivity index (χ3v) is 2.48. The van der Waals surface area contributed by atoms with Crippen LogP contribution in [0.1, 0.15) is 16.8 Å². The number of benzene rings is 1. The smallest absolute Gasteiger partial charge is 0.335 e. The number of rotatable bonds is 6. The number of nitro benzene ring substituents is 1. The molecule has 0 aliphatic carbocycles. The molecule has 0 aromatic heterocycles. The van der Waals surface area contributed by atoms with Crippen molar-refractivity contribution in [3.05, 3.63) is 33.9 Å². The van der Waals surface area contributed by atoms with Crippen LogP contribution in [0, 0.1) is 10.1 Å². The Hall–Kier alpha value is -2.64. The van der Waals surface area contributed by atoms with Crippen molar-refractivity contribution in [3.63, 3.8) is 0 Å². The van der Waals surface area contributed by atoms with Gasteiger partial charge in [0.15, 0.2) is 5.75 Å². The second-order valence-corrected chi connectivity index (χ2v) is 4.13. The minimum atomic E-state index is -1.21. The van der Waals surface area contributed by atoms with Gasteiger partial charge in [0.05, 0.1) is 23.5 Å². The minimum Gasteiger partial charge on any atom is -0.486 e. The molecular formula is C12H14N2O6. The summed E-state index contributed by atoms with van der Waals surface area (Å²) in [7, 11) is 3.16. The highest BCUT2D eigenvalue weighted by Crippen LogP contribution is 2.28. The van der Waals surface area contributed by atoms with E-state index in [-0.39, 0.29) is 35.9 Å². The summed E-state index contributed by atoms with van der Waals surface area (Å²) in [5, 5.41) is 19.7. The second kappa shape index (κ2) is 6.50. The molecule has 1 aromatic rings. The maximum atomic E-state index is 11.3. The Balaban J connectivity index is 2.85. The van der Waals surface area contributed by atoms with Gasteiger partial charge in [-0.15, -0.1) is 0 Å². The van der Waals surface area contributed by atoms with E-state index in [0.29, 0.717) is 0 Å². The van der Waals surface area contributed by atoms with Crippen LogP contribution in [0.4, 0.5) is 5.69 Å². The highest BCUT2D eigenvalue weighted by molar-refractivity contribution is 5.88. The van der Waals surface area contributed by atoms with Gasteiger partial charge in [0.2, 0.25) is 5.91 Å². The van der Waals surface area contributed by atoms with Crippen LogP contribution < -0.4 is 4.74 Å². The summed E-state index contributed by atoms with van der Waals surface area (Å²) >= 11 is 0. The molecule has 1 rings (SSSR count). The zero-order valence-electron chi connectivity index (χ0n) is 11.0. The topological polar surface area (TPSA) is 110 Å². The van der Waals surface area contributed by atoms with Crippen molar-refractivity contribution in [2.45, 2.75) is 6.42 Å².